The first kappa shape index (κ1) is 17.1. The van der Waals surface area contributed by atoms with Gasteiger partial charge < -0.3 is 19.9 Å². The number of para-hydroxylation sites is 2. The molecule has 1 aromatic carbocycles. The number of hydrogen-bond donors (Lipinski definition) is 1. The lowest BCUT2D eigenvalue weighted by Gasteiger charge is -2.37. The minimum absolute atomic E-state index is 0.655. The maximum absolute atomic E-state index is 5.49. The number of hydrogen-bond acceptors (Lipinski definition) is 6. The molecule has 1 aromatic heterocycles. The molecule has 1 aliphatic rings. The van der Waals surface area contributed by atoms with Crippen LogP contribution in [0, 0.1) is 6.92 Å². The number of piperazine rings is 1. The van der Waals surface area contributed by atoms with Crippen molar-refractivity contribution in [2.24, 2.45) is 0 Å². The number of nitrogens with zero attached hydrogens (tertiary/aromatic N) is 4. The number of ether oxygens (including phenoxy) is 1. The van der Waals surface area contributed by atoms with E-state index in [4.69, 9.17) is 4.74 Å². The monoisotopic (exact) mass is 339 g/mol. The summed E-state index contributed by atoms with van der Waals surface area (Å²) in [5.74, 6) is 2.55. The molecule has 3 rings (SSSR count). The van der Waals surface area contributed by atoms with E-state index in [1.807, 2.05) is 25.1 Å². The van der Waals surface area contributed by atoms with E-state index in [2.05, 4.69) is 43.8 Å². The molecule has 1 N–H and O–H groups in total. The molecule has 6 heteroatoms. The second-order valence-corrected chi connectivity index (χ2v) is 6.01. The molecule has 0 bridgehead atoms. The molecule has 132 valence electrons. The normalized spacial score (nSPS) is 14.3. The van der Waals surface area contributed by atoms with Gasteiger partial charge in [0.25, 0.3) is 0 Å². The minimum Gasteiger partial charge on any atom is -0.495 e. The standard InChI is InChI=1S/C19H25N5O/c1-4-9-20-19-21-15(2)14-18(22-19)24-12-10-23(11-13-24)16-7-5-6-8-17(16)25-3/h4-8,14H,1,9-13H2,2-3H3,(H,20,21,22). The molecule has 0 radical (unpaired) electrons. The predicted octanol–water partition coefficient (Wildman–Crippen LogP) is 2.72. The van der Waals surface area contributed by atoms with E-state index in [1.54, 1.807) is 13.2 Å². The van der Waals surface area contributed by atoms with Crippen LogP contribution in [0.2, 0.25) is 0 Å². The van der Waals surface area contributed by atoms with Crippen molar-refractivity contribution in [3.8, 4) is 5.75 Å². The lowest BCUT2D eigenvalue weighted by molar-refractivity contribution is 0.413. The molecule has 0 spiro atoms. The number of nitrogens with one attached hydrogen (secondary N) is 1. The van der Waals surface area contributed by atoms with E-state index in [1.165, 1.54) is 0 Å². The van der Waals surface area contributed by atoms with Gasteiger partial charge in [-0.2, -0.15) is 4.98 Å². The van der Waals surface area contributed by atoms with Crippen molar-refractivity contribution in [3.05, 3.63) is 48.7 Å². The highest BCUT2D eigenvalue weighted by Crippen LogP contribution is 2.29. The molecule has 25 heavy (non-hydrogen) atoms. The molecule has 6 nitrogen and oxygen atoms in total. The third kappa shape index (κ3) is 4.02. The fourth-order valence-electron chi connectivity index (χ4n) is 3.02. The first-order valence-corrected chi connectivity index (χ1v) is 8.54. The van der Waals surface area contributed by atoms with Crippen LogP contribution in [0.1, 0.15) is 5.69 Å². The number of aryl methyl sites for hydroxylation is 1. The summed E-state index contributed by atoms with van der Waals surface area (Å²) < 4.78 is 5.49. The molecule has 0 unspecified atom stereocenters. The Kier molecular flexibility index (Phi) is 5.38. The first-order valence-electron chi connectivity index (χ1n) is 8.54. The minimum atomic E-state index is 0.655. The average molecular weight is 339 g/mol. The van der Waals surface area contributed by atoms with E-state index in [0.29, 0.717) is 12.5 Å². The fourth-order valence-corrected chi connectivity index (χ4v) is 3.02. The van der Waals surface area contributed by atoms with Crippen LogP contribution in [0.25, 0.3) is 0 Å². The van der Waals surface area contributed by atoms with Gasteiger partial charge in [0.2, 0.25) is 5.95 Å². The van der Waals surface area contributed by atoms with Gasteiger partial charge in [0.1, 0.15) is 11.6 Å². The first-order chi connectivity index (χ1) is 12.2. The Bertz CT molecular complexity index is 726. The van der Waals surface area contributed by atoms with Crippen molar-refractivity contribution < 1.29 is 4.74 Å². The Morgan fingerprint density at radius 3 is 2.60 bits per heavy atom. The third-order valence-electron chi connectivity index (χ3n) is 4.27. The lowest BCUT2D eigenvalue weighted by Crippen LogP contribution is -2.47. The van der Waals surface area contributed by atoms with Gasteiger partial charge in [-0.25, -0.2) is 4.98 Å². The predicted molar refractivity (Wildman–Crippen MR) is 103 cm³/mol. The van der Waals surface area contributed by atoms with Crippen molar-refractivity contribution in [3.63, 3.8) is 0 Å². The van der Waals surface area contributed by atoms with Gasteiger partial charge in [0.15, 0.2) is 0 Å². The van der Waals surface area contributed by atoms with Crippen molar-refractivity contribution in [1.29, 1.82) is 0 Å². The van der Waals surface area contributed by atoms with Crippen molar-refractivity contribution >= 4 is 17.5 Å². The van der Waals surface area contributed by atoms with Crippen LogP contribution in [0.3, 0.4) is 0 Å². The zero-order chi connectivity index (χ0) is 17.6. The molecule has 1 fully saturated rings. The number of anilines is 3. The van der Waals surface area contributed by atoms with E-state index in [0.717, 1.165) is 49.1 Å². The number of benzene rings is 1. The summed E-state index contributed by atoms with van der Waals surface area (Å²) in [6, 6.07) is 10.2. The maximum atomic E-state index is 5.49. The van der Waals surface area contributed by atoms with Crippen molar-refractivity contribution in [1.82, 2.24) is 9.97 Å². The van der Waals surface area contributed by atoms with Gasteiger partial charge >= 0.3 is 0 Å². The highest BCUT2D eigenvalue weighted by molar-refractivity contribution is 5.59. The molecular formula is C19H25N5O. The summed E-state index contributed by atoms with van der Waals surface area (Å²) in [5, 5.41) is 3.17. The molecule has 0 saturated carbocycles. The van der Waals surface area contributed by atoms with E-state index < -0.39 is 0 Å². The fraction of sp³-hybridized carbons (Fsp3) is 0.368. The summed E-state index contributed by atoms with van der Waals surface area (Å²) in [5.41, 5.74) is 2.11. The molecule has 1 saturated heterocycles. The van der Waals surface area contributed by atoms with Gasteiger partial charge in [0.05, 0.1) is 12.8 Å². The Balaban J connectivity index is 1.70. The lowest BCUT2D eigenvalue weighted by atomic mass is 10.2. The van der Waals surface area contributed by atoms with Gasteiger partial charge in [-0.3, -0.25) is 0 Å². The summed E-state index contributed by atoms with van der Waals surface area (Å²) in [6.07, 6.45) is 1.80. The maximum Gasteiger partial charge on any atom is 0.225 e. The molecule has 0 atom stereocenters. The topological polar surface area (TPSA) is 53.5 Å². The second kappa shape index (κ2) is 7.88. The summed E-state index contributed by atoms with van der Waals surface area (Å²) in [7, 11) is 1.72. The summed E-state index contributed by atoms with van der Waals surface area (Å²) >= 11 is 0. The van der Waals surface area contributed by atoms with Crippen LogP contribution in [0.5, 0.6) is 5.75 Å². The largest absolute Gasteiger partial charge is 0.495 e. The summed E-state index contributed by atoms with van der Waals surface area (Å²) in [6.45, 7) is 10.1. The van der Waals surface area contributed by atoms with Gasteiger partial charge in [-0.05, 0) is 19.1 Å². The highest BCUT2D eigenvalue weighted by Gasteiger charge is 2.21. The third-order valence-corrected chi connectivity index (χ3v) is 4.27. The SMILES string of the molecule is C=CCNc1nc(C)cc(N2CCN(c3ccccc3OC)CC2)n1. The number of methoxy groups -OCH3 is 1. The molecular weight excluding hydrogens is 314 g/mol. The Labute approximate surface area is 149 Å². The zero-order valence-corrected chi connectivity index (χ0v) is 14.9. The Hall–Kier alpha value is -2.76. The van der Waals surface area contributed by atoms with Crippen molar-refractivity contribution in [2.75, 3.05) is 55.0 Å². The number of rotatable bonds is 6. The van der Waals surface area contributed by atoms with Crippen molar-refractivity contribution in [2.45, 2.75) is 6.92 Å². The Morgan fingerprint density at radius 2 is 1.88 bits per heavy atom. The van der Waals surface area contributed by atoms with Gasteiger partial charge in [-0.15, -0.1) is 6.58 Å². The van der Waals surface area contributed by atoms with Gasteiger partial charge in [0, 0.05) is 44.5 Å². The van der Waals surface area contributed by atoms with Crippen LogP contribution < -0.4 is 19.9 Å². The molecule has 0 amide bonds. The van der Waals surface area contributed by atoms with E-state index >= 15 is 0 Å². The quantitative estimate of drug-likeness (QED) is 0.817. The molecule has 2 heterocycles. The van der Waals surface area contributed by atoms with Crippen LogP contribution in [-0.2, 0) is 0 Å². The Morgan fingerprint density at radius 1 is 1.16 bits per heavy atom. The highest BCUT2D eigenvalue weighted by atomic mass is 16.5. The zero-order valence-electron chi connectivity index (χ0n) is 14.9. The second-order valence-electron chi connectivity index (χ2n) is 6.01. The van der Waals surface area contributed by atoms with E-state index in [9.17, 15) is 0 Å². The summed E-state index contributed by atoms with van der Waals surface area (Å²) in [4.78, 5) is 13.7. The van der Waals surface area contributed by atoms with Gasteiger partial charge in [-0.1, -0.05) is 18.2 Å². The van der Waals surface area contributed by atoms with E-state index in [-0.39, 0.29) is 0 Å². The van der Waals surface area contributed by atoms with Crippen LogP contribution >= 0.6 is 0 Å². The molecule has 0 aliphatic carbocycles. The average Bonchev–Trinajstić information content (AvgIpc) is 2.66. The smallest absolute Gasteiger partial charge is 0.225 e. The molecule has 1 aliphatic heterocycles. The molecule has 2 aromatic rings. The van der Waals surface area contributed by atoms with Crippen LogP contribution in [0.4, 0.5) is 17.5 Å². The van der Waals surface area contributed by atoms with Crippen LogP contribution in [-0.4, -0.2) is 49.8 Å². The number of aromatic nitrogens is 2. The van der Waals surface area contributed by atoms with Crippen LogP contribution in [0.15, 0.2) is 43.0 Å².